The van der Waals surface area contributed by atoms with E-state index in [1.54, 1.807) is 12.1 Å². The minimum Gasteiger partial charge on any atom is -0.346 e. The van der Waals surface area contributed by atoms with Gasteiger partial charge >= 0.3 is 0 Å². The Morgan fingerprint density at radius 1 is 0.906 bits per heavy atom. The average molecular weight is 469 g/mol. The van der Waals surface area contributed by atoms with E-state index in [4.69, 9.17) is 11.6 Å². The third kappa shape index (κ3) is 5.75. The van der Waals surface area contributed by atoms with Crippen molar-refractivity contribution >= 4 is 32.7 Å². The van der Waals surface area contributed by atoms with Gasteiger partial charge in [-0.05, 0) is 66.9 Å². The van der Waals surface area contributed by atoms with E-state index in [1.807, 2.05) is 18.5 Å². The standard InChI is InChI=1S/C24H25ClN4O2S/c25-22-7-9-23(10-8-22)32(30,31)29-15-14-26-12-1-2-18-3-5-19(6-4-18)21-16-20-11-13-27-24(20)28-17-21/h3-11,13,16-17,26,29H,1-2,12,14-15H2,(H,27,28). The Balaban J connectivity index is 1.17. The second kappa shape index (κ2) is 10.3. The molecule has 4 rings (SSSR count). The molecule has 32 heavy (non-hydrogen) atoms. The highest BCUT2D eigenvalue weighted by molar-refractivity contribution is 7.89. The molecule has 0 aliphatic rings. The molecule has 0 fully saturated rings. The number of aromatic amines is 1. The number of aryl methyl sites for hydroxylation is 1. The van der Waals surface area contributed by atoms with Crippen molar-refractivity contribution < 1.29 is 8.42 Å². The van der Waals surface area contributed by atoms with Crippen molar-refractivity contribution in [1.82, 2.24) is 20.0 Å². The molecule has 3 N–H and O–H groups in total. The molecule has 166 valence electrons. The van der Waals surface area contributed by atoms with Crippen LogP contribution in [-0.4, -0.2) is 38.0 Å². The van der Waals surface area contributed by atoms with Gasteiger partial charge in [-0.1, -0.05) is 35.9 Å². The number of fused-ring (bicyclic) bond motifs is 1. The molecular weight excluding hydrogens is 444 g/mol. The van der Waals surface area contributed by atoms with E-state index in [9.17, 15) is 8.42 Å². The summed E-state index contributed by atoms with van der Waals surface area (Å²) in [4.78, 5) is 7.78. The fourth-order valence-electron chi connectivity index (χ4n) is 3.47. The fraction of sp³-hybridized carbons (Fsp3) is 0.208. The van der Waals surface area contributed by atoms with Crippen LogP contribution >= 0.6 is 11.6 Å². The molecule has 0 unspecified atom stereocenters. The summed E-state index contributed by atoms with van der Waals surface area (Å²) < 4.78 is 27.0. The highest BCUT2D eigenvalue weighted by Gasteiger charge is 2.12. The lowest BCUT2D eigenvalue weighted by Crippen LogP contribution is -2.32. The number of sulfonamides is 1. The van der Waals surface area contributed by atoms with E-state index in [2.05, 4.69) is 50.3 Å². The van der Waals surface area contributed by atoms with E-state index in [1.165, 1.54) is 17.7 Å². The molecule has 0 saturated heterocycles. The quantitative estimate of drug-likeness (QED) is 0.301. The number of nitrogens with zero attached hydrogens (tertiary/aromatic N) is 1. The smallest absolute Gasteiger partial charge is 0.240 e. The van der Waals surface area contributed by atoms with Gasteiger partial charge in [0.15, 0.2) is 0 Å². The zero-order valence-corrected chi connectivity index (χ0v) is 19.1. The highest BCUT2D eigenvalue weighted by Crippen LogP contribution is 2.23. The first-order valence-electron chi connectivity index (χ1n) is 10.5. The Kier molecular flexibility index (Phi) is 7.22. The van der Waals surface area contributed by atoms with Crippen LogP contribution in [0.1, 0.15) is 12.0 Å². The van der Waals surface area contributed by atoms with E-state index in [0.29, 0.717) is 18.1 Å². The second-order valence-electron chi connectivity index (χ2n) is 7.54. The summed E-state index contributed by atoms with van der Waals surface area (Å²) in [7, 11) is -3.50. The summed E-state index contributed by atoms with van der Waals surface area (Å²) in [6.45, 7) is 1.72. The largest absolute Gasteiger partial charge is 0.346 e. The Hall–Kier alpha value is -2.71. The molecular formula is C24H25ClN4O2S. The molecule has 2 aromatic heterocycles. The number of pyridine rings is 1. The minimum atomic E-state index is -3.50. The van der Waals surface area contributed by atoms with Gasteiger partial charge < -0.3 is 10.3 Å². The van der Waals surface area contributed by atoms with Crippen LogP contribution in [0, 0.1) is 0 Å². The number of hydrogen-bond acceptors (Lipinski definition) is 4. The molecule has 0 saturated carbocycles. The highest BCUT2D eigenvalue weighted by atomic mass is 35.5. The van der Waals surface area contributed by atoms with Gasteiger partial charge in [0.1, 0.15) is 5.65 Å². The maximum Gasteiger partial charge on any atom is 0.240 e. The topological polar surface area (TPSA) is 86.9 Å². The van der Waals surface area contributed by atoms with Crippen LogP contribution in [-0.2, 0) is 16.4 Å². The first-order chi connectivity index (χ1) is 15.5. The molecule has 0 bridgehead atoms. The Labute approximate surface area is 193 Å². The van der Waals surface area contributed by atoms with Crippen molar-refractivity contribution in [2.75, 3.05) is 19.6 Å². The second-order valence-corrected chi connectivity index (χ2v) is 9.75. The van der Waals surface area contributed by atoms with Crippen molar-refractivity contribution in [3.63, 3.8) is 0 Å². The predicted molar refractivity (Wildman–Crippen MR) is 129 cm³/mol. The third-order valence-electron chi connectivity index (χ3n) is 5.22. The summed E-state index contributed by atoms with van der Waals surface area (Å²) in [6, 6.07) is 18.9. The van der Waals surface area contributed by atoms with E-state index < -0.39 is 10.0 Å². The summed E-state index contributed by atoms with van der Waals surface area (Å²) in [5.41, 5.74) is 4.42. The Bertz CT molecular complexity index is 1270. The van der Waals surface area contributed by atoms with Gasteiger partial charge in [0.25, 0.3) is 0 Å². The maximum atomic E-state index is 12.2. The van der Waals surface area contributed by atoms with E-state index in [-0.39, 0.29) is 4.90 Å². The Morgan fingerprint density at radius 2 is 1.69 bits per heavy atom. The van der Waals surface area contributed by atoms with Crippen LogP contribution in [0.3, 0.4) is 0 Å². The maximum absolute atomic E-state index is 12.2. The lowest BCUT2D eigenvalue weighted by molar-refractivity contribution is 0.574. The molecule has 0 amide bonds. The van der Waals surface area contributed by atoms with Gasteiger partial charge in [0.2, 0.25) is 10.0 Å². The van der Waals surface area contributed by atoms with Crippen LogP contribution in [0.25, 0.3) is 22.2 Å². The minimum absolute atomic E-state index is 0.217. The summed E-state index contributed by atoms with van der Waals surface area (Å²) in [5.74, 6) is 0. The lowest BCUT2D eigenvalue weighted by Gasteiger charge is -2.08. The van der Waals surface area contributed by atoms with Gasteiger partial charge in [0, 0.05) is 41.5 Å². The van der Waals surface area contributed by atoms with Crippen molar-refractivity contribution in [2.24, 2.45) is 0 Å². The number of nitrogens with one attached hydrogen (secondary N) is 3. The molecule has 0 radical (unpaired) electrons. The van der Waals surface area contributed by atoms with Crippen LogP contribution in [0.5, 0.6) is 0 Å². The van der Waals surface area contributed by atoms with Crippen LogP contribution in [0.4, 0.5) is 0 Å². The van der Waals surface area contributed by atoms with Gasteiger partial charge in [-0.15, -0.1) is 0 Å². The van der Waals surface area contributed by atoms with Crippen LogP contribution in [0.15, 0.2) is 78.0 Å². The molecule has 0 atom stereocenters. The number of aromatic nitrogens is 2. The van der Waals surface area contributed by atoms with Gasteiger partial charge in [-0.25, -0.2) is 18.1 Å². The molecule has 6 nitrogen and oxygen atoms in total. The normalized spacial score (nSPS) is 11.8. The molecule has 2 heterocycles. The SMILES string of the molecule is O=S(=O)(NCCNCCCc1ccc(-c2cnc3[nH]ccc3c2)cc1)c1ccc(Cl)cc1. The zero-order chi connectivity index (χ0) is 22.4. The number of benzene rings is 2. The third-order valence-corrected chi connectivity index (χ3v) is 6.95. The Morgan fingerprint density at radius 3 is 2.47 bits per heavy atom. The zero-order valence-electron chi connectivity index (χ0n) is 17.5. The van der Waals surface area contributed by atoms with Crippen LogP contribution in [0.2, 0.25) is 5.02 Å². The molecule has 8 heteroatoms. The fourth-order valence-corrected chi connectivity index (χ4v) is 4.63. The number of halogens is 1. The summed E-state index contributed by atoms with van der Waals surface area (Å²) in [5, 5.41) is 4.90. The summed E-state index contributed by atoms with van der Waals surface area (Å²) >= 11 is 5.80. The van der Waals surface area contributed by atoms with E-state index >= 15 is 0 Å². The first kappa shape index (κ1) is 22.5. The molecule has 4 aromatic rings. The number of hydrogen-bond donors (Lipinski definition) is 3. The first-order valence-corrected chi connectivity index (χ1v) is 12.4. The molecule has 0 aliphatic carbocycles. The number of H-pyrrole nitrogens is 1. The number of rotatable bonds is 10. The van der Waals surface area contributed by atoms with E-state index in [0.717, 1.165) is 41.5 Å². The molecule has 0 aliphatic heterocycles. The average Bonchev–Trinajstić information content (AvgIpc) is 3.27. The monoisotopic (exact) mass is 468 g/mol. The van der Waals surface area contributed by atoms with Crippen molar-refractivity contribution in [1.29, 1.82) is 0 Å². The molecule has 2 aromatic carbocycles. The molecule has 0 spiro atoms. The predicted octanol–water partition coefficient (Wildman–Crippen LogP) is 4.38. The van der Waals surface area contributed by atoms with Gasteiger partial charge in [0.05, 0.1) is 4.90 Å². The van der Waals surface area contributed by atoms with Crippen LogP contribution < -0.4 is 10.0 Å². The van der Waals surface area contributed by atoms with Crippen molar-refractivity contribution in [3.05, 3.63) is 83.6 Å². The van der Waals surface area contributed by atoms with Crippen molar-refractivity contribution in [2.45, 2.75) is 17.7 Å². The lowest BCUT2D eigenvalue weighted by atomic mass is 10.0. The summed E-state index contributed by atoms with van der Waals surface area (Å²) in [6.07, 6.45) is 5.71. The van der Waals surface area contributed by atoms with Crippen molar-refractivity contribution in [3.8, 4) is 11.1 Å². The van der Waals surface area contributed by atoms with Gasteiger partial charge in [-0.3, -0.25) is 0 Å². The van der Waals surface area contributed by atoms with Gasteiger partial charge in [-0.2, -0.15) is 0 Å².